The maximum atomic E-state index is 5.55. The monoisotopic (exact) mass is 257 g/mol. The molecule has 0 saturated carbocycles. The van der Waals surface area contributed by atoms with Crippen LogP contribution in [0.25, 0.3) is 11.4 Å². The number of hydrazine groups is 1. The van der Waals surface area contributed by atoms with E-state index >= 15 is 0 Å². The number of rotatable bonds is 2. The summed E-state index contributed by atoms with van der Waals surface area (Å²) in [6, 6.07) is 1.91. The number of nitrogen functional groups attached to an aromatic ring is 1. The molecular formula is C13H15N5O. The van der Waals surface area contributed by atoms with Gasteiger partial charge in [-0.2, -0.15) is 0 Å². The van der Waals surface area contributed by atoms with Crippen LogP contribution in [0.4, 0.5) is 5.82 Å². The fourth-order valence-electron chi connectivity index (χ4n) is 2.20. The molecule has 3 rings (SSSR count). The van der Waals surface area contributed by atoms with E-state index in [0.717, 1.165) is 28.8 Å². The third-order valence-corrected chi connectivity index (χ3v) is 3.22. The highest BCUT2D eigenvalue weighted by Gasteiger charge is 2.18. The minimum atomic E-state index is 0.504. The lowest BCUT2D eigenvalue weighted by Crippen LogP contribution is -2.19. The van der Waals surface area contributed by atoms with Gasteiger partial charge in [0.1, 0.15) is 5.82 Å². The maximum Gasteiger partial charge on any atom is 0.162 e. The molecule has 0 aliphatic carbocycles. The predicted octanol–water partition coefficient (Wildman–Crippen LogP) is 1.21. The van der Waals surface area contributed by atoms with Gasteiger partial charge in [-0.1, -0.05) is 0 Å². The molecule has 1 aliphatic rings. The van der Waals surface area contributed by atoms with Crippen molar-refractivity contribution in [3.8, 4) is 11.4 Å². The van der Waals surface area contributed by atoms with Crippen molar-refractivity contribution in [2.24, 2.45) is 5.84 Å². The first-order valence-corrected chi connectivity index (χ1v) is 6.14. The third kappa shape index (κ3) is 2.16. The van der Waals surface area contributed by atoms with Gasteiger partial charge >= 0.3 is 0 Å². The molecule has 3 N–H and O–H groups in total. The van der Waals surface area contributed by atoms with Gasteiger partial charge in [-0.3, -0.25) is 4.98 Å². The molecule has 1 aliphatic heterocycles. The first-order valence-electron chi connectivity index (χ1n) is 6.14. The highest BCUT2D eigenvalue weighted by atomic mass is 16.5. The molecule has 19 heavy (non-hydrogen) atoms. The van der Waals surface area contributed by atoms with Gasteiger partial charge in [0.2, 0.25) is 0 Å². The average Bonchev–Trinajstić information content (AvgIpc) is 2.46. The van der Waals surface area contributed by atoms with E-state index in [0.29, 0.717) is 24.9 Å². The lowest BCUT2D eigenvalue weighted by Gasteiger charge is -2.19. The van der Waals surface area contributed by atoms with Crippen molar-refractivity contribution in [1.82, 2.24) is 15.0 Å². The molecular weight excluding hydrogens is 242 g/mol. The molecule has 0 unspecified atom stereocenters. The van der Waals surface area contributed by atoms with Crippen LogP contribution in [0.15, 0.2) is 18.5 Å². The molecule has 6 nitrogen and oxygen atoms in total. The number of hydrogen-bond acceptors (Lipinski definition) is 6. The first-order chi connectivity index (χ1) is 9.29. The van der Waals surface area contributed by atoms with Crippen LogP contribution in [0, 0.1) is 6.92 Å². The lowest BCUT2D eigenvalue weighted by molar-refractivity contribution is 0.109. The summed E-state index contributed by atoms with van der Waals surface area (Å²) in [5, 5.41) is 0. The Labute approximate surface area is 111 Å². The van der Waals surface area contributed by atoms with Crippen molar-refractivity contribution < 1.29 is 4.74 Å². The number of nitrogens with zero attached hydrogens (tertiary/aromatic N) is 3. The van der Waals surface area contributed by atoms with Crippen molar-refractivity contribution in [1.29, 1.82) is 0 Å². The Kier molecular flexibility index (Phi) is 3.10. The Hall–Kier alpha value is -2.05. The second-order valence-electron chi connectivity index (χ2n) is 4.46. The normalized spacial score (nSPS) is 14.0. The van der Waals surface area contributed by atoms with E-state index in [1.165, 1.54) is 0 Å². The molecule has 2 aromatic rings. The van der Waals surface area contributed by atoms with Crippen LogP contribution in [-0.2, 0) is 17.8 Å². The number of hydrogen-bond donors (Lipinski definition) is 2. The highest BCUT2D eigenvalue weighted by molar-refractivity contribution is 5.62. The molecule has 0 atom stereocenters. The summed E-state index contributed by atoms with van der Waals surface area (Å²) in [4.78, 5) is 13.2. The number of aromatic nitrogens is 3. The molecule has 2 aromatic heterocycles. The van der Waals surface area contributed by atoms with Gasteiger partial charge in [-0.25, -0.2) is 15.8 Å². The molecule has 0 spiro atoms. The smallest absolute Gasteiger partial charge is 0.162 e. The molecule has 0 amide bonds. The van der Waals surface area contributed by atoms with Gasteiger partial charge in [-0.05, 0) is 18.6 Å². The van der Waals surface area contributed by atoms with Crippen LogP contribution in [0.2, 0.25) is 0 Å². The zero-order valence-electron chi connectivity index (χ0n) is 10.7. The van der Waals surface area contributed by atoms with Gasteiger partial charge in [0.25, 0.3) is 0 Å². The number of anilines is 1. The summed E-state index contributed by atoms with van der Waals surface area (Å²) in [6.07, 6.45) is 4.32. The van der Waals surface area contributed by atoms with Gasteiger partial charge in [0, 0.05) is 29.9 Å². The zero-order valence-corrected chi connectivity index (χ0v) is 10.7. The summed E-state index contributed by atoms with van der Waals surface area (Å²) in [5.41, 5.74) is 6.60. The minimum Gasteiger partial charge on any atom is -0.376 e. The molecule has 0 saturated heterocycles. The lowest BCUT2D eigenvalue weighted by atomic mass is 10.1. The van der Waals surface area contributed by atoms with Gasteiger partial charge in [0.15, 0.2) is 5.82 Å². The van der Waals surface area contributed by atoms with Crippen LogP contribution < -0.4 is 11.3 Å². The molecule has 98 valence electrons. The Balaban J connectivity index is 2.15. The predicted molar refractivity (Wildman–Crippen MR) is 71.2 cm³/mol. The van der Waals surface area contributed by atoms with E-state index < -0.39 is 0 Å². The van der Waals surface area contributed by atoms with Crippen molar-refractivity contribution in [3.63, 3.8) is 0 Å². The second kappa shape index (κ2) is 4.91. The second-order valence-corrected chi connectivity index (χ2v) is 4.46. The summed E-state index contributed by atoms with van der Waals surface area (Å²) in [7, 11) is 0. The first kappa shape index (κ1) is 12.0. The molecule has 0 bridgehead atoms. The molecule has 0 aromatic carbocycles. The fraction of sp³-hybridized carbons (Fsp3) is 0.308. The Bertz CT molecular complexity index is 597. The number of pyridine rings is 1. The van der Waals surface area contributed by atoms with Gasteiger partial charge < -0.3 is 10.2 Å². The van der Waals surface area contributed by atoms with Crippen LogP contribution in [0.3, 0.4) is 0 Å². The minimum absolute atomic E-state index is 0.504. The van der Waals surface area contributed by atoms with Crippen molar-refractivity contribution in [2.75, 3.05) is 12.0 Å². The van der Waals surface area contributed by atoms with Crippen LogP contribution >= 0.6 is 0 Å². The number of fused-ring (bicyclic) bond motifs is 1. The van der Waals surface area contributed by atoms with E-state index in [1.54, 1.807) is 12.4 Å². The summed E-state index contributed by atoms with van der Waals surface area (Å²) in [6.45, 7) is 3.18. The van der Waals surface area contributed by atoms with Crippen molar-refractivity contribution in [3.05, 3.63) is 35.3 Å². The quantitative estimate of drug-likeness (QED) is 0.621. The SMILES string of the molecule is Cc1cnccc1-c1nc2c(c(NN)n1)COCC2. The average molecular weight is 257 g/mol. The topological polar surface area (TPSA) is 86.0 Å². The number of nitrogens with one attached hydrogen (secondary N) is 1. The van der Waals surface area contributed by atoms with E-state index in [-0.39, 0.29) is 0 Å². The molecule has 3 heterocycles. The van der Waals surface area contributed by atoms with Crippen LogP contribution in [0.5, 0.6) is 0 Å². The summed E-state index contributed by atoms with van der Waals surface area (Å²) >= 11 is 0. The number of ether oxygens (including phenoxy) is 1. The number of nitrogens with two attached hydrogens (primary N) is 1. The zero-order chi connectivity index (χ0) is 13.2. The fourth-order valence-corrected chi connectivity index (χ4v) is 2.20. The Morgan fingerprint density at radius 2 is 2.26 bits per heavy atom. The van der Waals surface area contributed by atoms with Crippen molar-refractivity contribution in [2.45, 2.75) is 20.0 Å². The standard InChI is InChI=1S/C13H15N5O/c1-8-6-15-4-2-9(8)12-16-11-3-5-19-7-10(11)13(17-12)18-14/h2,4,6H,3,5,7,14H2,1H3,(H,16,17,18). The molecule has 0 radical (unpaired) electrons. The van der Waals surface area contributed by atoms with E-state index in [1.807, 2.05) is 13.0 Å². The van der Waals surface area contributed by atoms with E-state index in [9.17, 15) is 0 Å². The van der Waals surface area contributed by atoms with E-state index in [2.05, 4.69) is 20.4 Å². The maximum absolute atomic E-state index is 5.55. The van der Waals surface area contributed by atoms with Crippen LogP contribution in [0.1, 0.15) is 16.8 Å². The number of aryl methyl sites for hydroxylation is 1. The Morgan fingerprint density at radius 3 is 3.05 bits per heavy atom. The Morgan fingerprint density at radius 1 is 1.37 bits per heavy atom. The highest BCUT2D eigenvalue weighted by Crippen LogP contribution is 2.26. The van der Waals surface area contributed by atoms with Gasteiger partial charge in [0.05, 0.1) is 18.9 Å². The third-order valence-electron chi connectivity index (χ3n) is 3.22. The summed E-state index contributed by atoms with van der Waals surface area (Å²) < 4.78 is 5.42. The van der Waals surface area contributed by atoms with Gasteiger partial charge in [-0.15, -0.1) is 0 Å². The summed E-state index contributed by atoms with van der Waals surface area (Å²) in [5.74, 6) is 6.86. The molecule has 0 fully saturated rings. The molecule has 6 heteroatoms. The van der Waals surface area contributed by atoms with E-state index in [4.69, 9.17) is 10.6 Å². The van der Waals surface area contributed by atoms with Crippen LogP contribution in [-0.4, -0.2) is 21.6 Å². The van der Waals surface area contributed by atoms with Crippen molar-refractivity contribution >= 4 is 5.82 Å². The largest absolute Gasteiger partial charge is 0.376 e.